The van der Waals surface area contributed by atoms with Crippen molar-refractivity contribution in [2.24, 2.45) is 5.73 Å². The SMILES string of the molecule is COc1cccc2c1C(=O)c1c(O)c3c(c(O)c1C2=O)C[C@@](O)([C@@H](C)O)C[C@H]3O[C@H]1C[C@@H](N)[C@@H](O)[C@H](C)O1. The van der Waals surface area contributed by atoms with Crippen LogP contribution in [0.4, 0.5) is 0 Å². The van der Waals surface area contributed by atoms with Gasteiger partial charge in [0, 0.05) is 42.0 Å². The van der Waals surface area contributed by atoms with Gasteiger partial charge < -0.3 is 45.5 Å². The Kier molecular flexibility index (Phi) is 6.49. The lowest BCUT2D eigenvalue weighted by Gasteiger charge is -2.43. The van der Waals surface area contributed by atoms with Crippen LogP contribution in [0.2, 0.25) is 0 Å². The van der Waals surface area contributed by atoms with E-state index in [0.29, 0.717) is 0 Å². The number of methoxy groups -OCH3 is 1. The third-order valence-corrected chi connectivity index (χ3v) is 7.95. The van der Waals surface area contributed by atoms with Crippen LogP contribution in [-0.2, 0) is 15.9 Å². The number of aliphatic hydroxyl groups excluding tert-OH is 2. The fourth-order valence-electron chi connectivity index (χ4n) is 5.74. The Morgan fingerprint density at radius 2 is 1.82 bits per heavy atom. The second-order valence-corrected chi connectivity index (χ2v) is 10.3. The molecule has 0 spiro atoms. The second kappa shape index (κ2) is 9.30. The number of hydrogen-bond acceptors (Lipinski definition) is 11. The Morgan fingerprint density at radius 1 is 1.13 bits per heavy atom. The highest BCUT2D eigenvalue weighted by atomic mass is 16.7. The molecule has 2 aliphatic carbocycles. The molecule has 0 unspecified atom stereocenters. The fourth-order valence-corrected chi connectivity index (χ4v) is 5.74. The van der Waals surface area contributed by atoms with Crippen molar-refractivity contribution >= 4 is 11.6 Å². The van der Waals surface area contributed by atoms with Gasteiger partial charge >= 0.3 is 0 Å². The maximum absolute atomic E-state index is 13.6. The normalized spacial score (nSPS) is 31.3. The minimum Gasteiger partial charge on any atom is -0.507 e. The maximum atomic E-state index is 13.6. The first-order chi connectivity index (χ1) is 17.9. The number of ketones is 2. The average Bonchev–Trinajstić information content (AvgIpc) is 2.87. The summed E-state index contributed by atoms with van der Waals surface area (Å²) in [7, 11) is 1.35. The molecule has 3 aliphatic rings. The van der Waals surface area contributed by atoms with Gasteiger partial charge in [-0.25, -0.2) is 0 Å². The highest BCUT2D eigenvalue weighted by Crippen LogP contribution is 2.52. The molecule has 5 rings (SSSR count). The van der Waals surface area contributed by atoms with Gasteiger partial charge in [0.15, 0.2) is 12.1 Å². The van der Waals surface area contributed by atoms with E-state index in [1.165, 1.54) is 32.2 Å². The van der Waals surface area contributed by atoms with Gasteiger partial charge in [-0.2, -0.15) is 0 Å². The highest BCUT2D eigenvalue weighted by Gasteiger charge is 2.49. The van der Waals surface area contributed by atoms with Crippen LogP contribution in [0.15, 0.2) is 18.2 Å². The number of phenolic OH excluding ortho intramolecular Hbond substituents is 2. The zero-order valence-electron chi connectivity index (χ0n) is 21.2. The smallest absolute Gasteiger partial charge is 0.202 e. The number of rotatable bonds is 4. The minimum atomic E-state index is -1.80. The van der Waals surface area contributed by atoms with Crippen LogP contribution in [0.25, 0.3) is 0 Å². The molecule has 2 aromatic carbocycles. The summed E-state index contributed by atoms with van der Waals surface area (Å²) in [6.45, 7) is 3.00. The predicted molar refractivity (Wildman–Crippen MR) is 131 cm³/mol. The van der Waals surface area contributed by atoms with Crippen LogP contribution in [-0.4, -0.2) is 80.5 Å². The van der Waals surface area contributed by atoms with E-state index in [9.17, 15) is 35.1 Å². The Hall–Kier alpha value is -3.06. The second-order valence-electron chi connectivity index (χ2n) is 10.3. The van der Waals surface area contributed by atoms with Crippen LogP contribution in [0.5, 0.6) is 17.2 Å². The zero-order chi connectivity index (χ0) is 27.7. The van der Waals surface area contributed by atoms with Crippen LogP contribution >= 0.6 is 0 Å². The number of hydrogen-bond donors (Lipinski definition) is 6. The van der Waals surface area contributed by atoms with Gasteiger partial charge in [-0.1, -0.05) is 12.1 Å². The van der Waals surface area contributed by atoms with E-state index in [2.05, 4.69) is 0 Å². The van der Waals surface area contributed by atoms with Gasteiger partial charge in [-0.3, -0.25) is 9.59 Å². The summed E-state index contributed by atoms with van der Waals surface area (Å²) in [4.78, 5) is 27.1. The average molecular weight is 530 g/mol. The molecule has 38 heavy (non-hydrogen) atoms. The molecule has 7 atom stereocenters. The van der Waals surface area contributed by atoms with Crippen molar-refractivity contribution in [1.82, 2.24) is 0 Å². The Labute approximate surface area is 218 Å². The van der Waals surface area contributed by atoms with Gasteiger partial charge in [0.05, 0.1) is 53.8 Å². The van der Waals surface area contributed by atoms with E-state index < -0.39 is 76.5 Å². The first-order valence-electron chi connectivity index (χ1n) is 12.4. The first kappa shape index (κ1) is 26.5. The predicted octanol–water partition coefficient (Wildman–Crippen LogP) is 0.821. The van der Waals surface area contributed by atoms with Crippen molar-refractivity contribution in [3.05, 3.63) is 51.6 Å². The molecule has 0 radical (unpaired) electrons. The van der Waals surface area contributed by atoms with Crippen molar-refractivity contribution in [3.8, 4) is 17.2 Å². The summed E-state index contributed by atoms with van der Waals surface area (Å²) in [5.41, 5.74) is 3.37. The number of carbonyl (C=O) groups is 2. The lowest BCUT2D eigenvalue weighted by molar-refractivity contribution is -0.250. The van der Waals surface area contributed by atoms with E-state index >= 15 is 0 Å². The van der Waals surface area contributed by atoms with Crippen LogP contribution in [0, 0.1) is 0 Å². The number of carbonyl (C=O) groups excluding carboxylic acids is 2. The lowest BCUT2D eigenvalue weighted by atomic mass is 9.71. The monoisotopic (exact) mass is 529 g/mol. The Bertz CT molecular complexity index is 1310. The minimum absolute atomic E-state index is 0.00187. The molecule has 0 saturated carbocycles. The van der Waals surface area contributed by atoms with E-state index in [1.807, 2.05) is 0 Å². The van der Waals surface area contributed by atoms with Crippen LogP contribution in [0.3, 0.4) is 0 Å². The molecule has 1 aliphatic heterocycles. The zero-order valence-corrected chi connectivity index (χ0v) is 21.2. The topological polar surface area (TPSA) is 189 Å². The number of phenols is 2. The number of fused-ring (bicyclic) bond motifs is 3. The molecule has 11 heteroatoms. The number of nitrogens with two attached hydrogens (primary N) is 1. The Balaban J connectivity index is 1.68. The van der Waals surface area contributed by atoms with E-state index in [0.717, 1.165) is 0 Å². The molecule has 0 amide bonds. The molecule has 11 nitrogen and oxygen atoms in total. The number of aliphatic hydroxyl groups is 3. The fraction of sp³-hybridized carbons (Fsp3) is 0.481. The van der Waals surface area contributed by atoms with Crippen molar-refractivity contribution in [2.45, 2.75) is 75.5 Å². The number of benzene rings is 2. The largest absolute Gasteiger partial charge is 0.507 e. The van der Waals surface area contributed by atoms with E-state index in [4.69, 9.17) is 19.9 Å². The van der Waals surface area contributed by atoms with Crippen molar-refractivity contribution in [3.63, 3.8) is 0 Å². The summed E-state index contributed by atoms with van der Waals surface area (Å²) in [6, 6.07) is 3.80. The number of aromatic hydroxyl groups is 2. The molecule has 1 heterocycles. The van der Waals surface area contributed by atoms with Gasteiger partial charge in [0.1, 0.15) is 17.2 Å². The summed E-state index contributed by atoms with van der Waals surface area (Å²) >= 11 is 0. The molecule has 2 aromatic rings. The van der Waals surface area contributed by atoms with Crippen LogP contribution in [0.1, 0.15) is 75.8 Å². The molecule has 1 fully saturated rings. The summed E-state index contributed by atoms with van der Waals surface area (Å²) in [5.74, 6) is -2.44. The summed E-state index contributed by atoms with van der Waals surface area (Å²) in [6.07, 6.45) is -5.47. The molecule has 0 aromatic heterocycles. The van der Waals surface area contributed by atoms with E-state index in [1.54, 1.807) is 6.92 Å². The van der Waals surface area contributed by atoms with Gasteiger partial charge in [-0.15, -0.1) is 0 Å². The summed E-state index contributed by atoms with van der Waals surface area (Å²) in [5, 5.41) is 54.7. The molecular weight excluding hydrogens is 498 g/mol. The van der Waals surface area contributed by atoms with Gasteiger partial charge in [0.2, 0.25) is 5.78 Å². The summed E-state index contributed by atoms with van der Waals surface area (Å²) < 4.78 is 17.1. The van der Waals surface area contributed by atoms with Crippen molar-refractivity contribution in [1.29, 1.82) is 0 Å². The standard InChI is InChI=1S/C27H31NO10/c1-10-22(30)14(28)7-17(37-10)38-16-9-27(35,11(2)29)8-13-19(16)26(34)21-20(24(13)32)23(31)12-5-4-6-15(36-3)18(12)25(21)33/h4-6,10-11,14,16-17,22,29-30,32,34-35H,7-9,28H2,1-3H3/t10-,11+,14+,16+,17-,22-,27-/m0/s1. The van der Waals surface area contributed by atoms with Crippen LogP contribution < -0.4 is 10.5 Å². The van der Waals surface area contributed by atoms with Gasteiger partial charge in [-0.05, 0) is 19.9 Å². The lowest BCUT2D eigenvalue weighted by Crippen LogP contribution is -2.53. The Morgan fingerprint density at radius 3 is 2.45 bits per heavy atom. The molecule has 7 N–H and O–H groups in total. The quantitative estimate of drug-likeness (QED) is 0.263. The highest BCUT2D eigenvalue weighted by molar-refractivity contribution is 6.31. The maximum Gasteiger partial charge on any atom is 0.202 e. The molecule has 1 saturated heterocycles. The van der Waals surface area contributed by atoms with Crippen molar-refractivity contribution < 1.29 is 49.3 Å². The van der Waals surface area contributed by atoms with Gasteiger partial charge in [0.25, 0.3) is 0 Å². The first-order valence-corrected chi connectivity index (χ1v) is 12.4. The number of ether oxygens (including phenoxy) is 3. The molecule has 204 valence electrons. The molecule has 0 bridgehead atoms. The third kappa shape index (κ3) is 3.89. The van der Waals surface area contributed by atoms with Crippen molar-refractivity contribution in [2.75, 3.05) is 7.11 Å². The third-order valence-electron chi connectivity index (χ3n) is 7.95. The van der Waals surface area contributed by atoms with E-state index in [-0.39, 0.29) is 47.3 Å². The molecular formula is C27H31NO10.